The lowest BCUT2D eigenvalue weighted by Gasteiger charge is -2.30. The van der Waals surface area contributed by atoms with Gasteiger partial charge in [0.15, 0.2) is 8.32 Å². The predicted octanol–water partition coefficient (Wildman–Crippen LogP) is 3.05. The van der Waals surface area contributed by atoms with Gasteiger partial charge in [-0.3, -0.25) is 0 Å². The van der Waals surface area contributed by atoms with Crippen LogP contribution in [0.4, 0.5) is 0 Å². The highest BCUT2D eigenvalue weighted by Gasteiger charge is 2.34. The molecule has 0 amide bonds. The number of carbonyl (C=O) groups excluding carboxylic acids is 1. The minimum Gasteiger partial charge on any atom is -0.492 e. The maximum atomic E-state index is 11.6. The number of hydrogen-bond acceptors (Lipinski definition) is 3. The average Bonchev–Trinajstić information content (AvgIpc) is 1.96. The predicted molar refractivity (Wildman–Crippen MR) is 67.4 cm³/mol. The lowest BCUT2D eigenvalue weighted by atomic mass is 10.3. The molecule has 0 bridgehead atoms. The van der Waals surface area contributed by atoms with Gasteiger partial charge < -0.3 is 8.54 Å². The first-order chi connectivity index (χ1) is 6.57. The van der Waals surface area contributed by atoms with E-state index in [1.807, 2.05) is 20.0 Å². The molecule has 0 unspecified atom stereocenters. The molecular weight excluding hydrogens is 224 g/mol. The fraction of sp³-hybridized carbons (Fsp3) is 0.700. The van der Waals surface area contributed by atoms with Crippen LogP contribution >= 0.6 is 0 Å². The van der Waals surface area contributed by atoms with Crippen LogP contribution < -0.4 is 0 Å². The molecule has 0 N–H and O–H groups in total. The van der Waals surface area contributed by atoms with Gasteiger partial charge in [0.2, 0.25) is 0 Å². The Morgan fingerprint density at radius 3 is 1.93 bits per heavy atom. The van der Waals surface area contributed by atoms with Gasteiger partial charge in [0.05, 0.1) is 0 Å². The Morgan fingerprint density at radius 1 is 1.13 bits per heavy atom. The first-order valence-corrected chi connectivity index (χ1v) is 11.4. The summed E-state index contributed by atoms with van der Waals surface area (Å²) in [5, 5.41) is 0. The van der Waals surface area contributed by atoms with E-state index in [0.717, 1.165) is 0 Å². The van der Waals surface area contributed by atoms with Gasteiger partial charge in [-0.2, -0.15) is 0 Å². The molecule has 88 valence electrons. The Morgan fingerprint density at radius 2 is 1.60 bits per heavy atom. The van der Waals surface area contributed by atoms with Gasteiger partial charge >= 0.3 is 14.5 Å². The fourth-order valence-corrected chi connectivity index (χ4v) is 7.85. The largest absolute Gasteiger partial charge is 0.492 e. The number of carbonyl (C=O) groups is 1. The van der Waals surface area contributed by atoms with E-state index in [-0.39, 0.29) is 5.97 Å². The van der Waals surface area contributed by atoms with Crippen molar-refractivity contribution in [3.63, 3.8) is 0 Å². The van der Waals surface area contributed by atoms with Crippen molar-refractivity contribution < 1.29 is 13.3 Å². The summed E-state index contributed by atoms with van der Waals surface area (Å²) in [6.45, 7) is 13.7. The van der Waals surface area contributed by atoms with Gasteiger partial charge in [-0.15, -0.1) is 0 Å². The van der Waals surface area contributed by atoms with Crippen molar-refractivity contribution in [1.82, 2.24) is 0 Å². The molecule has 0 aliphatic rings. The van der Waals surface area contributed by atoms with Crippen molar-refractivity contribution >= 4 is 22.8 Å². The molecule has 0 radical (unpaired) electrons. The molecule has 0 aliphatic heterocycles. The third-order valence-corrected chi connectivity index (χ3v) is 6.74. The molecule has 0 heterocycles. The molecule has 0 fully saturated rings. The molecule has 0 atom stereocenters. The lowest BCUT2D eigenvalue weighted by molar-refractivity contribution is -0.131. The molecule has 5 heteroatoms. The van der Waals surface area contributed by atoms with Crippen LogP contribution in [0, 0.1) is 0 Å². The summed E-state index contributed by atoms with van der Waals surface area (Å²) in [6.07, 6.45) is 1.75. The second-order valence-corrected chi connectivity index (χ2v) is 13.0. The molecule has 0 spiro atoms. The number of hydrogen-bond donors (Lipinski definition) is 0. The second-order valence-electron chi connectivity index (χ2n) is 4.98. The Labute approximate surface area is 94.9 Å². The van der Waals surface area contributed by atoms with Crippen LogP contribution in [0.3, 0.4) is 0 Å². The molecule has 0 rings (SSSR count). The standard InChI is InChI=1S/C10H22O3Si2/c1-8-9(2)10(11)12-15(6,7)13-14(3,4)5/h8H,1-7H3. The van der Waals surface area contributed by atoms with Crippen molar-refractivity contribution in [2.24, 2.45) is 0 Å². The monoisotopic (exact) mass is 246 g/mol. The van der Waals surface area contributed by atoms with Gasteiger partial charge in [-0.25, -0.2) is 4.79 Å². The summed E-state index contributed by atoms with van der Waals surface area (Å²) < 4.78 is 11.3. The first-order valence-electron chi connectivity index (χ1n) is 5.14. The van der Waals surface area contributed by atoms with Gasteiger partial charge in [0, 0.05) is 5.57 Å². The summed E-state index contributed by atoms with van der Waals surface area (Å²) in [7, 11) is -3.95. The van der Waals surface area contributed by atoms with Crippen molar-refractivity contribution in [1.29, 1.82) is 0 Å². The topological polar surface area (TPSA) is 35.5 Å². The Kier molecular flexibility index (Phi) is 4.96. The molecule has 0 aromatic carbocycles. The zero-order valence-corrected chi connectivity index (χ0v) is 12.8. The zero-order chi connectivity index (χ0) is 12.3. The van der Waals surface area contributed by atoms with E-state index < -0.39 is 16.9 Å². The van der Waals surface area contributed by atoms with Crippen LogP contribution in [0.25, 0.3) is 0 Å². The molecule has 0 aliphatic carbocycles. The van der Waals surface area contributed by atoms with Crippen LogP contribution in [0.2, 0.25) is 32.7 Å². The van der Waals surface area contributed by atoms with Crippen molar-refractivity contribution in [3.05, 3.63) is 11.6 Å². The van der Waals surface area contributed by atoms with Gasteiger partial charge in [-0.1, -0.05) is 6.08 Å². The first kappa shape index (κ1) is 14.6. The molecule has 15 heavy (non-hydrogen) atoms. The molecule has 0 aromatic rings. The van der Waals surface area contributed by atoms with Crippen molar-refractivity contribution in [3.8, 4) is 0 Å². The normalized spacial score (nSPS) is 13.9. The lowest BCUT2D eigenvalue weighted by Crippen LogP contribution is -2.46. The molecule has 0 saturated heterocycles. The highest BCUT2D eigenvalue weighted by molar-refractivity contribution is 6.82. The Hall–Kier alpha value is -0.396. The van der Waals surface area contributed by atoms with Gasteiger partial charge in [-0.05, 0) is 46.6 Å². The summed E-state index contributed by atoms with van der Waals surface area (Å²) in [6, 6.07) is 0. The number of allylic oxidation sites excluding steroid dienone is 1. The van der Waals surface area contributed by atoms with Crippen LogP contribution in [0.15, 0.2) is 11.6 Å². The molecule has 0 saturated carbocycles. The van der Waals surface area contributed by atoms with E-state index in [2.05, 4.69) is 19.6 Å². The third kappa shape index (κ3) is 6.64. The van der Waals surface area contributed by atoms with Crippen LogP contribution in [-0.4, -0.2) is 22.8 Å². The third-order valence-electron chi connectivity index (χ3n) is 1.65. The van der Waals surface area contributed by atoms with E-state index in [9.17, 15) is 4.79 Å². The van der Waals surface area contributed by atoms with Crippen LogP contribution in [0.1, 0.15) is 13.8 Å². The highest BCUT2D eigenvalue weighted by Crippen LogP contribution is 2.16. The van der Waals surface area contributed by atoms with Gasteiger partial charge in [0.25, 0.3) is 0 Å². The van der Waals surface area contributed by atoms with E-state index in [4.69, 9.17) is 8.54 Å². The van der Waals surface area contributed by atoms with E-state index in [1.165, 1.54) is 0 Å². The summed E-state index contributed by atoms with van der Waals surface area (Å²) in [5.41, 5.74) is 0.634. The average molecular weight is 246 g/mol. The van der Waals surface area contributed by atoms with Crippen LogP contribution in [0.5, 0.6) is 0 Å². The SMILES string of the molecule is CC=C(C)C(=O)O[Si](C)(C)O[Si](C)(C)C. The fourth-order valence-electron chi connectivity index (χ4n) is 1.18. The maximum Gasteiger partial charge on any atom is 0.385 e. The van der Waals surface area contributed by atoms with E-state index >= 15 is 0 Å². The minimum absolute atomic E-state index is 0.257. The Bertz CT molecular complexity index is 264. The minimum atomic E-state index is -2.31. The zero-order valence-electron chi connectivity index (χ0n) is 10.8. The van der Waals surface area contributed by atoms with E-state index in [0.29, 0.717) is 5.57 Å². The van der Waals surface area contributed by atoms with Crippen molar-refractivity contribution in [2.75, 3.05) is 0 Å². The Balaban J connectivity index is 4.45. The smallest absolute Gasteiger partial charge is 0.385 e. The summed E-state index contributed by atoms with van der Waals surface area (Å²) in [5.74, 6) is -0.257. The maximum absolute atomic E-state index is 11.6. The van der Waals surface area contributed by atoms with Crippen molar-refractivity contribution in [2.45, 2.75) is 46.6 Å². The van der Waals surface area contributed by atoms with Crippen LogP contribution in [-0.2, 0) is 13.3 Å². The summed E-state index contributed by atoms with van der Waals surface area (Å²) in [4.78, 5) is 11.6. The molecule has 0 aromatic heterocycles. The van der Waals surface area contributed by atoms with E-state index in [1.54, 1.807) is 13.0 Å². The number of rotatable bonds is 4. The second kappa shape index (κ2) is 5.09. The highest BCUT2D eigenvalue weighted by atomic mass is 28.4. The van der Waals surface area contributed by atoms with Gasteiger partial charge in [0.1, 0.15) is 0 Å². The quantitative estimate of drug-likeness (QED) is 0.565. The summed E-state index contributed by atoms with van der Waals surface area (Å²) >= 11 is 0. The molecular formula is C10H22O3Si2. The molecule has 3 nitrogen and oxygen atoms in total.